The summed E-state index contributed by atoms with van der Waals surface area (Å²) in [6.45, 7) is 1.54. The zero-order valence-electron chi connectivity index (χ0n) is 14.5. The number of hydrogen-bond donors (Lipinski definition) is 1. The van der Waals surface area contributed by atoms with Crippen molar-refractivity contribution in [3.8, 4) is 6.07 Å². The third-order valence-corrected chi connectivity index (χ3v) is 6.42. The second-order valence-electron chi connectivity index (χ2n) is 6.29. The second-order valence-corrected chi connectivity index (χ2v) is 8.34. The van der Waals surface area contributed by atoms with Gasteiger partial charge in [0.2, 0.25) is 0 Å². The smallest absolute Gasteiger partial charge is 0.349 e. The number of carbonyl (C=O) groups is 2. The maximum atomic E-state index is 12.4. The zero-order valence-corrected chi connectivity index (χ0v) is 16.2. The molecule has 0 radical (unpaired) electrons. The second kappa shape index (κ2) is 8.47. The van der Waals surface area contributed by atoms with Crippen LogP contribution in [0.5, 0.6) is 0 Å². The monoisotopic (exact) mass is 388 g/mol. The Balaban J connectivity index is 1.63. The minimum atomic E-state index is -0.930. The number of carbonyl (C=O) groups excluding carboxylic acids is 2. The van der Waals surface area contributed by atoms with E-state index in [2.05, 4.69) is 5.32 Å². The average Bonchev–Trinajstić information content (AvgIpc) is 3.21. The van der Waals surface area contributed by atoms with Crippen LogP contribution in [-0.2, 0) is 22.4 Å². The molecule has 0 saturated carbocycles. The van der Waals surface area contributed by atoms with Gasteiger partial charge in [-0.15, -0.1) is 22.7 Å². The summed E-state index contributed by atoms with van der Waals surface area (Å²) in [7, 11) is 0. The topological polar surface area (TPSA) is 79.2 Å². The normalized spacial score (nSPS) is 15.1. The highest BCUT2D eigenvalue weighted by atomic mass is 32.1. The van der Waals surface area contributed by atoms with Gasteiger partial charge >= 0.3 is 5.97 Å². The molecule has 0 saturated heterocycles. The van der Waals surface area contributed by atoms with Crippen LogP contribution in [0.15, 0.2) is 17.5 Å². The van der Waals surface area contributed by atoms with Crippen LogP contribution in [-0.4, -0.2) is 18.0 Å². The lowest BCUT2D eigenvalue weighted by atomic mass is 10.00. The Morgan fingerprint density at radius 2 is 2.04 bits per heavy atom. The van der Waals surface area contributed by atoms with Crippen molar-refractivity contribution < 1.29 is 14.3 Å². The molecule has 7 heteroatoms. The van der Waals surface area contributed by atoms with Crippen molar-refractivity contribution >= 4 is 39.6 Å². The van der Waals surface area contributed by atoms with E-state index in [1.807, 2.05) is 12.1 Å². The first-order valence-electron chi connectivity index (χ1n) is 8.69. The average molecular weight is 389 g/mol. The van der Waals surface area contributed by atoms with Crippen molar-refractivity contribution in [3.05, 3.63) is 38.4 Å². The van der Waals surface area contributed by atoms with E-state index in [1.54, 1.807) is 11.4 Å². The summed E-state index contributed by atoms with van der Waals surface area (Å²) in [6.07, 6.45) is 5.87. The summed E-state index contributed by atoms with van der Waals surface area (Å²) in [4.78, 5) is 26.5. The van der Waals surface area contributed by atoms with E-state index < -0.39 is 18.0 Å². The molecule has 5 nitrogen and oxygen atoms in total. The van der Waals surface area contributed by atoms with E-state index in [0.29, 0.717) is 15.4 Å². The van der Waals surface area contributed by atoms with Gasteiger partial charge in [-0.25, -0.2) is 4.79 Å². The molecule has 1 amide bonds. The SMILES string of the molecule is C[C@@H](OC(=O)c1cc2c(s1)CCCCCC2)C(=O)Nc1sccc1C#N. The molecule has 1 N–H and O–H groups in total. The molecule has 136 valence electrons. The molecule has 1 aliphatic rings. The molecule has 3 rings (SSSR count). The van der Waals surface area contributed by atoms with Crippen LogP contribution in [0.2, 0.25) is 0 Å². The Morgan fingerprint density at radius 3 is 2.81 bits per heavy atom. The summed E-state index contributed by atoms with van der Waals surface area (Å²) in [5.74, 6) is -0.900. The van der Waals surface area contributed by atoms with Crippen LogP contribution >= 0.6 is 22.7 Å². The predicted octanol–water partition coefficient (Wildman–Crippen LogP) is 4.52. The van der Waals surface area contributed by atoms with E-state index >= 15 is 0 Å². The number of ether oxygens (including phenoxy) is 1. The fourth-order valence-electron chi connectivity index (χ4n) is 2.92. The third kappa shape index (κ3) is 4.32. The van der Waals surface area contributed by atoms with Crippen LogP contribution < -0.4 is 5.32 Å². The maximum Gasteiger partial charge on any atom is 0.349 e. The molecule has 0 fully saturated rings. The molecule has 26 heavy (non-hydrogen) atoms. The summed E-state index contributed by atoms with van der Waals surface area (Å²) < 4.78 is 5.34. The predicted molar refractivity (Wildman–Crippen MR) is 103 cm³/mol. The Labute approximate surface area is 160 Å². The van der Waals surface area contributed by atoms with Crippen molar-refractivity contribution in [1.29, 1.82) is 5.26 Å². The molecule has 2 aromatic rings. The van der Waals surface area contributed by atoms with E-state index in [-0.39, 0.29) is 0 Å². The Kier molecular flexibility index (Phi) is 6.07. The van der Waals surface area contributed by atoms with E-state index in [4.69, 9.17) is 10.00 Å². The highest BCUT2D eigenvalue weighted by Gasteiger charge is 2.23. The molecular weight excluding hydrogens is 368 g/mol. The maximum absolute atomic E-state index is 12.4. The molecule has 0 aliphatic heterocycles. The van der Waals surface area contributed by atoms with Crippen molar-refractivity contribution in [1.82, 2.24) is 0 Å². The van der Waals surface area contributed by atoms with Crippen LogP contribution in [0, 0.1) is 11.3 Å². The fraction of sp³-hybridized carbons (Fsp3) is 0.421. The van der Waals surface area contributed by atoms with Gasteiger partial charge in [0, 0.05) is 4.88 Å². The lowest BCUT2D eigenvalue weighted by Gasteiger charge is -2.12. The first-order chi connectivity index (χ1) is 12.6. The van der Waals surface area contributed by atoms with Crippen molar-refractivity contribution in [2.75, 3.05) is 5.32 Å². The minimum absolute atomic E-state index is 0.403. The molecular formula is C19H20N2O3S2. The number of aryl methyl sites for hydroxylation is 2. The number of rotatable bonds is 4. The van der Waals surface area contributed by atoms with Gasteiger partial charge < -0.3 is 10.1 Å². The number of nitrogens with zero attached hydrogens (tertiary/aromatic N) is 1. The van der Waals surface area contributed by atoms with Crippen molar-refractivity contribution in [3.63, 3.8) is 0 Å². The third-order valence-electron chi connectivity index (χ3n) is 4.37. The number of hydrogen-bond acceptors (Lipinski definition) is 6. The summed E-state index contributed by atoms with van der Waals surface area (Å²) in [5, 5.41) is 13.8. The minimum Gasteiger partial charge on any atom is -0.448 e. The highest BCUT2D eigenvalue weighted by Crippen LogP contribution is 2.29. The molecule has 1 atom stereocenters. The van der Waals surface area contributed by atoms with Gasteiger partial charge in [0.25, 0.3) is 5.91 Å². The zero-order chi connectivity index (χ0) is 18.5. The standard InChI is InChI=1S/C19H20N2O3S2/c1-12(17(22)21-18-14(11-20)8-9-25-18)24-19(23)16-10-13-6-4-2-3-5-7-15(13)26-16/h8-10,12H,2-7H2,1H3,(H,21,22)/t12-/m1/s1. The Bertz CT molecular complexity index is 822. The number of fused-ring (bicyclic) bond motifs is 1. The summed E-state index contributed by atoms with van der Waals surface area (Å²) in [6, 6.07) is 5.57. The van der Waals surface area contributed by atoms with Gasteiger partial charge in [0.1, 0.15) is 15.9 Å². The molecule has 2 heterocycles. The lowest BCUT2D eigenvalue weighted by Crippen LogP contribution is -2.29. The molecule has 0 spiro atoms. The van der Waals surface area contributed by atoms with Gasteiger partial charge in [-0.2, -0.15) is 5.26 Å². The first kappa shape index (κ1) is 18.6. The van der Waals surface area contributed by atoms with E-state index in [1.165, 1.54) is 52.9 Å². The molecule has 1 aliphatic carbocycles. The first-order valence-corrected chi connectivity index (χ1v) is 10.4. The number of anilines is 1. The number of nitriles is 1. The van der Waals surface area contributed by atoms with Gasteiger partial charge in [-0.05, 0) is 55.7 Å². The molecule has 0 unspecified atom stereocenters. The van der Waals surface area contributed by atoms with E-state index in [0.717, 1.165) is 25.7 Å². The lowest BCUT2D eigenvalue weighted by molar-refractivity contribution is -0.123. The van der Waals surface area contributed by atoms with E-state index in [9.17, 15) is 9.59 Å². The summed E-state index contributed by atoms with van der Waals surface area (Å²) >= 11 is 2.75. The molecule has 0 bridgehead atoms. The number of thiophene rings is 2. The Hall–Kier alpha value is -2.17. The quantitative estimate of drug-likeness (QED) is 0.781. The van der Waals surface area contributed by atoms with Crippen LogP contribution in [0.25, 0.3) is 0 Å². The number of esters is 1. The highest BCUT2D eigenvalue weighted by molar-refractivity contribution is 7.14. The molecule has 0 aromatic carbocycles. The fourth-order valence-corrected chi connectivity index (χ4v) is 4.80. The number of nitrogens with one attached hydrogen (secondary N) is 1. The van der Waals surface area contributed by atoms with Crippen LogP contribution in [0.1, 0.15) is 58.3 Å². The summed E-state index contributed by atoms with van der Waals surface area (Å²) in [5.41, 5.74) is 1.65. The van der Waals surface area contributed by atoms with Crippen molar-refractivity contribution in [2.45, 2.75) is 51.6 Å². The van der Waals surface area contributed by atoms with Crippen LogP contribution in [0.3, 0.4) is 0 Å². The van der Waals surface area contributed by atoms with Crippen molar-refractivity contribution in [2.24, 2.45) is 0 Å². The van der Waals surface area contributed by atoms with Gasteiger partial charge in [-0.1, -0.05) is 12.8 Å². The van der Waals surface area contributed by atoms with Gasteiger partial charge in [0.05, 0.1) is 5.56 Å². The molecule has 2 aromatic heterocycles. The Morgan fingerprint density at radius 1 is 1.27 bits per heavy atom. The largest absolute Gasteiger partial charge is 0.448 e. The number of amides is 1. The van der Waals surface area contributed by atoms with Gasteiger partial charge in [0.15, 0.2) is 6.10 Å². The van der Waals surface area contributed by atoms with Crippen LogP contribution in [0.4, 0.5) is 5.00 Å². The van der Waals surface area contributed by atoms with Gasteiger partial charge in [-0.3, -0.25) is 4.79 Å².